The lowest BCUT2D eigenvalue weighted by atomic mass is 9.99. The minimum atomic E-state index is -1.42. The van der Waals surface area contributed by atoms with E-state index in [0.29, 0.717) is 45.1 Å². The number of ether oxygens (including phenoxy) is 1. The summed E-state index contributed by atoms with van der Waals surface area (Å²) in [5.41, 5.74) is 1.61. The summed E-state index contributed by atoms with van der Waals surface area (Å²) in [5.74, 6) is -3.42. The number of hydrogen-bond acceptors (Lipinski definition) is 8. The number of rotatable bonds is 7. The second-order valence-electron chi connectivity index (χ2n) is 15.1. The Labute approximate surface area is 320 Å². The zero-order valence-corrected chi connectivity index (χ0v) is 31.4. The van der Waals surface area contributed by atoms with Gasteiger partial charge in [-0.3, -0.25) is 24.0 Å². The summed E-state index contributed by atoms with van der Waals surface area (Å²) >= 11 is 0. The highest BCUT2D eigenvalue weighted by atomic mass is 16.5. The van der Waals surface area contributed by atoms with Crippen LogP contribution in [0.2, 0.25) is 0 Å². The lowest BCUT2D eigenvalue weighted by Gasteiger charge is -2.39. The second-order valence-corrected chi connectivity index (χ2v) is 15.1. The van der Waals surface area contributed by atoms with Crippen molar-refractivity contribution in [2.24, 2.45) is 5.92 Å². The van der Waals surface area contributed by atoms with Crippen LogP contribution in [-0.4, -0.2) is 119 Å². The van der Waals surface area contributed by atoms with Gasteiger partial charge in [-0.2, -0.15) is 0 Å². The molecule has 2 aromatic carbocycles. The Bertz CT molecular complexity index is 1740. The number of fused-ring (bicyclic) bond motifs is 3. The SMILES string of the molecule is CC1CC2C(=O)OCC(NC(=O)C(Cc3ccccc3)NC(=O)NCc3ccccc3)C(=O)N3CCCC3C(=O)N3CCCCC3C(=O)NC(C)C(=O)N2C1. The molecule has 0 spiro atoms. The minimum Gasteiger partial charge on any atom is -0.461 e. The molecule has 6 rings (SSSR count). The molecule has 4 fully saturated rings. The highest BCUT2D eigenvalue weighted by Gasteiger charge is 2.46. The standard InChI is InChI=1S/C40H51N7O8/c1-25-20-33-39(53)55-24-30(43-34(48)29(21-27-12-5-3-6-13-27)44-40(54)41-22-28-14-7-4-8-15-28)37(51)46-19-11-17-32(46)38(52)45-18-10-9-16-31(45)35(49)42-26(2)36(50)47(33)23-25/h3-8,12-15,25-26,29-33H,9-11,16-24H2,1-2H3,(H,42,49)(H,43,48)(H2,41,44,54). The maximum Gasteiger partial charge on any atom is 0.328 e. The average molecular weight is 758 g/mol. The fourth-order valence-electron chi connectivity index (χ4n) is 8.03. The molecule has 0 aromatic heterocycles. The van der Waals surface area contributed by atoms with Gasteiger partial charge in [-0.05, 0) is 62.5 Å². The number of piperidine rings is 1. The second kappa shape index (κ2) is 17.8. The van der Waals surface area contributed by atoms with E-state index in [-0.39, 0.29) is 37.9 Å². The number of cyclic esters (lactones) is 1. The summed E-state index contributed by atoms with van der Waals surface area (Å²) in [6, 6.07) is 11.5. The molecule has 7 amide bonds. The molecule has 55 heavy (non-hydrogen) atoms. The van der Waals surface area contributed by atoms with Gasteiger partial charge in [0.15, 0.2) is 0 Å². The Morgan fingerprint density at radius 3 is 2.16 bits per heavy atom. The monoisotopic (exact) mass is 757 g/mol. The first-order valence-corrected chi connectivity index (χ1v) is 19.3. The molecule has 4 N–H and O–H groups in total. The van der Waals surface area contributed by atoms with E-state index in [1.165, 1.54) is 14.7 Å². The average Bonchev–Trinajstić information content (AvgIpc) is 3.85. The number of benzene rings is 2. The fraction of sp³-hybridized carbons (Fsp3) is 0.525. The lowest BCUT2D eigenvalue weighted by Crippen LogP contribution is -2.62. The summed E-state index contributed by atoms with van der Waals surface area (Å²) in [6.45, 7) is 3.92. The van der Waals surface area contributed by atoms with E-state index in [9.17, 15) is 33.6 Å². The third-order valence-electron chi connectivity index (χ3n) is 10.9. The maximum absolute atomic E-state index is 14.5. The van der Waals surface area contributed by atoms with E-state index in [1.54, 1.807) is 6.92 Å². The molecule has 4 aliphatic rings. The highest BCUT2D eigenvalue weighted by molar-refractivity contribution is 5.97. The maximum atomic E-state index is 14.5. The number of hydrogen-bond donors (Lipinski definition) is 4. The van der Waals surface area contributed by atoms with Crippen molar-refractivity contribution in [2.45, 2.75) is 102 Å². The molecule has 7 atom stereocenters. The largest absolute Gasteiger partial charge is 0.461 e. The predicted molar refractivity (Wildman–Crippen MR) is 200 cm³/mol. The molecule has 2 aromatic rings. The Morgan fingerprint density at radius 2 is 1.44 bits per heavy atom. The number of carbonyl (C=O) groups is 7. The number of urea groups is 1. The van der Waals surface area contributed by atoms with Crippen LogP contribution in [0.5, 0.6) is 0 Å². The molecule has 294 valence electrons. The van der Waals surface area contributed by atoms with E-state index in [1.807, 2.05) is 67.6 Å². The molecule has 0 saturated carbocycles. The summed E-state index contributed by atoms with van der Waals surface area (Å²) in [7, 11) is 0. The molecule has 4 heterocycles. The van der Waals surface area contributed by atoms with Crippen LogP contribution in [0.15, 0.2) is 60.7 Å². The van der Waals surface area contributed by atoms with E-state index in [2.05, 4.69) is 21.3 Å². The quantitative estimate of drug-likeness (QED) is 0.304. The third-order valence-corrected chi connectivity index (χ3v) is 10.9. The van der Waals surface area contributed by atoms with Crippen molar-refractivity contribution in [3.05, 3.63) is 71.8 Å². The van der Waals surface area contributed by atoms with Crippen LogP contribution in [0.3, 0.4) is 0 Å². The summed E-state index contributed by atoms with van der Waals surface area (Å²) in [6.07, 6.45) is 3.06. The molecule has 7 unspecified atom stereocenters. The Balaban J connectivity index is 1.28. The van der Waals surface area contributed by atoms with Crippen LogP contribution in [-0.2, 0) is 46.5 Å². The van der Waals surface area contributed by atoms with Crippen LogP contribution in [0.25, 0.3) is 0 Å². The van der Waals surface area contributed by atoms with E-state index in [4.69, 9.17) is 4.74 Å². The van der Waals surface area contributed by atoms with Gasteiger partial charge in [0.25, 0.3) is 0 Å². The normalized spacial score (nSPS) is 26.9. The first-order chi connectivity index (χ1) is 26.5. The van der Waals surface area contributed by atoms with Crippen LogP contribution in [0.4, 0.5) is 4.79 Å². The van der Waals surface area contributed by atoms with Gasteiger partial charge in [0.2, 0.25) is 29.5 Å². The molecular weight excluding hydrogens is 706 g/mol. The Hall–Kier alpha value is -5.47. The van der Waals surface area contributed by atoms with Crippen LogP contribution in [0.1, 0.15) is 63.5 Å². The van der Waals surface area contributed by atoms with Crippen molar-refractivity contribution >= 4 is 41.5 Å². The number of esters is 1. The van der Waals surface area contributed by atoms with Gasteiger partial charge in [-0.1, -0.05) is 67.6 Å². The van der Waals surface area contributed by atoms with Gasteiger partial charge in [0.1, 0.15) is 42.9 Å². The number of amides is 7. The topological polar surface area (TPSA) is 187 Å². The molecule has 15 nitrogen and oxygen atoms in total. The smallest absolute Gasteiger partial charge is 0.328 e. The Kier molecular flexibility index (Phi) is 12.7. The molecule has 0 aliphatic carbocycles. The van der Waals surface area contributed by atoms with Crippen molar-refractivity contribution in [1.29, 1.82) is 0 Å². The summed E-state index contributed by atoms with van der Waals surface area (Å²) < 4.78 is 5.74. The first kappa shape index (κ1) is 39.2. The van der Waals surface area contributed by atoms with Crippen LogP contribution in [0, 0.1) is 5.92 Å². The van der Waals surface area contributed by atoms with E-state index < -0.39 is 78.5 Å². The van der Waals surface area contributed by atoms with Gasteiger partial charge in [0, 0.05) is 32.6 Å². The molecule has 0 radical (unpaired) electrons. The van der Waals surface area contributed by atoms with E-state index in [0.717, 1.165) is 11.1 Å². The van der Waals surface area contributed by atoms with Crippen molar-refractivity contribution in [3.63, 3.8) is 0 Å². The third kappa shape index (κ3) is 9.43. The fourth-order valence-corrected chi connectivity index (χ4v) is 8.03. The minimum absolute atomic E-state index is 0.0433. The van der Waals surface area contributed by atoms with Gasteiger partial charge < -0.3 is 40.7 Å². The number of nitrogens with zero attached hydrogens (tertiary/aromatic N) is 3. The molecule has 4 saturated heterocycles. The summed E-state index contributed by atoms with van der Waals surface area (Å²) in [5, 5.41) is 11.0. The van der Waals surface area contributed by atoms with Gasteiger partial charge >= 0.3 is 12.0 Å². The molecule has 4 aliphatic heterocycles. The predicted octanol–water partition coefficient (Wildman–Crippen LogP) is 1.25. The Morgan fingerprint density at radius 1 is 0.782 bits per heavy atom. The van der Waals surface area contributed by atoms with Gasteiger partial charge in [-0.25, -0.2) is 9.59 Å². The lowest BCUT2D eigenvalue weighted by molar-refractivity contribution is -0.158. The van der Waals surface area contributed by atoms with Crippen molar-refractivity contribution < 1.29 is 38.3 Å². The zero-order valence-electron chi connectivity index (χ0n) is 31.4. The van der Waals surface area contributed by atoms with Gasteiger partial charge in [0.05, 0.1) is 0 Å². The van der Waals surface area contributed by atoms with Crippen LogP contribution < -0.4 is 21.3 Å². The molecule has 0 bridgehead atoms. The highest BCUT2D eigenvalue weighted by Crippen LogP contribution is 2.28. The molecular formula is C40H51N7O8. The van der Waals surface area contributed by atoms with Crippen molar-refractivity contribution in [3.8, 4) is 0 Å². The number of nitrogens with one attached hydrogen (secondary N) is 4. The van der Waals surface area contributed by atoms with Crippen molar-refractivity contribution in [2.75, 3.05) is 26.2 Å². The zero-order chi connectivity index (χ0) is 39.1. The van der Waals surface area contributed by atoms with E-state index >= 15 is 0 Å². The number of carbonyl (C=O) groups excluding carboxylic acids is 7. The van der Waals surface area contributed by atoms with Crippen LogP contribution >= 0.6 is 0 Å². The molecule has 15 heteroatoms. The first-order valence-electron chi connectivity index (χ1n) is 19.3. The summed E-state index contributed by atoms with van der Waals surface area (Å²) in [4.78, 5) is 101. The van der Waals surface area contributed by atoms with Crippen molar-refractivity contribution in [1.82, 2.24) is 36.0 Å². The van der Waals surface area contributed by atoms with Gasteiger partial charge in [-0.15, -0.1) is 0 Å².